The molecule has 0 amide bonds. The Labute approximate surface area is 118 Å². The van der Waals surface area contributed by atoms with E-state index in [2.05, 4.69) is 20.2 Å². The van der Waals surface area contributed by atoms with Gasteiger partial charge in [-0.25, -0.2) is 9.67 Å². The molecule has 1 N–H and O–H groups in total. The predicted octanol–water partition coefficient (Wildman–Crippen LogP) is 1.35. The first-order valence-corrected chi connectivity index (χ1v) is 6.89. The molecule has 2 aromatic rings. The highest BCUT2D eigenvalue weighted by Crippen LogP contribution is 2.32. The molecule has 2 aromatic heterocycles. The summed E-state index contributed by atoms with van der Waals surface area (Å²) in [6.45, 7) is 5.34. The maximum atomic E-state index is 10.8. The Kier molecular flexibility index (Phi) is 3.17. The molecular weight excluding hydrogens is 254 g/mol. The van der Waals surface area contributed by atoms with Crippen molar-refractivity contribution < 1.29 is 5.11 Å². The lowest BCUT2D eigenvalue weighted by molar-refractivity contribution is 0.0559. The minimum absolute atomic E-state index is 0.244. The van der Waals surface area contributed by atoms with Crippen molar-refractivity contribution in [2.45, 2.75) is 31.9 Å². The zero-order valence-corrected chi connectivity index (χ0v) is 11.8. The Morgan fingerprint density at radius 1 is 1.35 bits per heavy atom. The predicted molar refractivity (Wildman–Crippen MR) is 75.4 cm³/mol. The molecule has 0 aliphatic carbocycles. The zero-order chi connectivity index (χ0) is 14.2. The van der Waals surface area contributed by atoms with Crippen molar-refractivity contribution in [3.05, 3.63) is 36.3 Å². The number of nitrogens with zero attached hydrogens (tertiary/aromatic N) is 5. The van der Waals surface area contributed by atoms with Crippen molar-refractivity contribution in [3.63, 3.8) is 0 Å². The first-order chi connectivity index (χ1) is 9.58. The van der Waals surface area contributed by atoms with Crippen LogP contribution in [0.15, 0.2) is 30.6 Å². The minimum atomic E-state index is -0.940. The molecule has 6 nitrogen and oxygen atoms in total. The van der Waals surface area contributed by atoms with Gasteiger partial charge in [-0.2, -0.15) is 0 Å². The summed E-state index contributed by atoms with van der Waals surface area (Å²) in [5.41, 5.74) is -0.297. The molecule has 6 heteroatoms. The van der Waals surface area contributed by atoms with Crippen molar-refractivity contribution in [1.29, 1.82) is 0 Å². The summed E-state index contributed by atoms with van der Waals surface area (Å²) in [5.74, 6) is 0.889. The number of hydrogen-bond donors (Lipinski definition) is 1. The third-order valence-electron chi connectivity index (χ3n) is 3.74. The number of pyridine rings is 1. The summed E-state index contributed by atoms with van der Waals surface area (Å²) < 4.78 is 1.77. The fourth-order valence-electron chi connectivity index (χ4n) is 2.48. The first-order valence-electron chi connectivity index (χ1n) is 6.89. The fourth-order valence-corrected chi connectivity index (χ4v) is 2.48. The molecule has 0 bridgehead atoms. The van der Waals surface area contributed by atoms with Gasteiger partial charge in [-0.1, -0.05) is 11.3 Å². The number of β-amino-alcohol motifs (C(OH)–C–C–N with tert-alkyl or cyclic N) is 1. The lowest BCUT2D eigenvalue weighted by Gasteiger charge is -2.21. The van der Waals surface area contributed by atoms with Crippen LogP contribution in [-0.4, -0.2) is 38.2 Å². The van der Waals surface area contributed by atoms with Gasteiger partial charge in [0.25, 0.3) is 0 Å². The van der Waals surface area contributed by atoms with E-state index in [-0.39, 0.29) is 6.04 Å². The topological polar surface area (TPSA) is 67.1 Å². The van der Waals surface area contributed by atoms with Gasteiger partial charge in [0.05, 0.1) is 12.7 Å². The van der Waals surface area contributed by atoms with E-state index in [4.69, 9.17) is 0 Å². The van der Waals surface area contributed by atoms with E-state index in [1.807, 2.05) is 38.2 Å². The van der Waals surface area contributed by atoms with Crippen LogP contribution in [-0.2, 0) is 5.60 Å². The Hall–Kier alpha value is -1.95. The molecule has 0 unspecified atom stereocenters. The highest BCUT2D eigenvalue weighted by atomic mass is 16.3. The van der Waals surface area contributed by atoms with E-state index in [9.17, 15) is 5.11 Å². The largest absolute Gasteiger partial charge is 0.381 e. The molecule has 3 rings (SSSR count). The van der Waals surface area contributed by atoms with Crippen molar-refractivity contribution in [3.8, 4) is 0 Å². The van der Waals surface area contributed by atoms with Gasteiger partial charge in [-0.3, -0.25) is 0 Å². The minimum Gasteiger partial charge on any atom is -0.381 e. The van der Waals surface area contributed by atoms with Crippen LogP contribution in [0, 0.1) is 0 Å². The van der Waals surface area contributed by atoms with E-state index >= 15 is 0 Å². The molecule has 20 heavy (non-hydrogen) atoms. The van der Waals surface area contributed by atoms with Crippen molar-refractivity contribution >= 4 is 5.82 Å². The van der Waals surface area contributed by atoms with Gasteiger partial charge in [-0.15, -0.1) is 5.10 Å². The van der Waals surface area contributed by atoms with Crippen LogP contribution in [0.4, 0.5) is 5.82 Å². The van der Waals surface area contributed by atoms with Gasteiger partial charge >= 0.3 is 0 Å². The fraction of sp³-hybridized carbons (Fsp3) is 0.500. The molecule has 1 saturated heterocycles. The van der Waals surface area contributed by atoms with Gasteiger partial charge in [-0.05, 0) is 26.0 Å². The van der Waals surface area contributed by atoms with Gasteiger partial charge in [0.1, 0.15) is 17.1 Å². The third-order valence-corrected chi connectivity index (χ3v) is 3.74. The molecule has 3 heterocycles. The van der Waals surface area contributed by atoms with Crippen molar-refractivity contribution in [2.75, 3.05) is 18.0 Å². The van der Waals surface area contributed by atoms with Crippen LogP contribution in [0.3, 0.4) is 0 Å². The molecule has 0 aromatic carbocycles. The van der Waals surface area contributed by atoms with Crippen molar-refractivity contribution in [1.82, 2.24) is 20.0 Å². The molecule has 0 saturated carbocycles. The summed E-state index contributed by atoms with van der Waals surface area (Å²) in [6, 6.07) is 6.04. The maximum absolute atomic E-state index is 10.8. The molecule has 1 aliphatic heterocycles. The second-order valence-corrected chi connectivity index (χ2v) is 5.57. The maximum Gasteiger partial charge on any atom is 0.129 e. The van der Waals surface area contributed by atoms with Gasteiger partial charge < -0.3 is 10.0 Å². The smallest absolute Gasteiger partial charge is 0.129 e. The summed E-state index contributed by atoms with van der Waals surface area (Å²) in [6.07, 6.45) is 4.24. The molecule has 0 radical (unpaired) electrons. The van der Waals surface area contributed by atoms with Crippen LogP contribution in [0.25, 0.3) is 0 Å². The number of hydrogen-bond acceptors (Lipinski definition) is 5. The van der Waals surface area contributed by atoms with Gasteiger partial charge in [0.2, 0.25) is 0 Å². The van der Waals surface area contributed by atoms with Crippen molar-refractivity contribution in [2.24, 2.45) is 0 Å². The Morgan fingerprint density at radius 3 is 2.85 bits per heavy atom. The van der Waals surface area contributed by atoms with E-state index in [1.165, 1.54) is 0 Å². The molecule has 106 valence electrons. The number of aliphatic hydroxyl groups is 1. The summed E-state index contributed by atoms with van der Waals surface area (Å²) in [4.78, 5) is 6.40. The number of rotatable bonds is 3. The second-order valence-electron chi connectivity index (χ2n) is 5.57. The zero-order valence-electron chi connectivity index (χ0n) is 11.8. The van der Waals surface area contributed by atoms with Gasteiger partial charge in [0.15, 0.2) is 0 Å². The van der Waals surface area contributed by atoms with E-state index < -0.39 is 5.60 Å². The molecule has 1 fully saturated rings. The van der Waals surface area contributed by atoms with E-state index in [0.717, 1.165) is 12.4 Å². The van der Waals surface area contributed by atoms with E-state index in [0.29, 0.717) is 18.7 Å². The van der Waals surface area contributed by atoms with Crippen LogP contribution >= 0.6 is 0 Å². The first kappa shape index (κ1) is 13.1. The number of aromatic nitrogens is 4. The van der Waals surface area contributed by atoms with Crippen LogP contribution in [0.5, 0.6) is 0 Å². The Balaban J connectivity index is 1.80. The SMILES string of the molecule is CC(C)n1cc([C@]2(O)CCN(c3ccccn3)C2)nn1. The highest BCUT2D eigenvalue weighted by Gasteiger charge is 2.40. The summed E-state index contributed by atoms with van der Waals surface area (Å²) >= 11 is 0. The van der Waals surface area contributed by atoms with Crippen LogP contribution in [0.1, 0.15) is 32.0 Å². The summed E-state index contributed by atoms with van der Waals surface area (Å²) in [7, 11) is 0. The standard InChI is InChI=1S/C14H19N5O/c1-11(2)19-9-12(16-17-19)14(20)6-8-18(10-14)13-5-3-4-7-15-13/h3-5,7,9,11,20H,6,8,10H2,1-2H3/t14-/m0/s1. The Bertz CT molecular complexity index is 582. The van der Waals surface area contributed by atoms with E-state index in [1.54, 1.807) is 10.9 Å². The monoisotopic (exact) mass is 273 g/mol. The normalized spacial score (nSPS) is 22.7. The highest BCUT2D eigenvalue weighted by molar-refractivity contribution is 5.41. The Morgan fingerprint density at radius 2 is 2.20 bits per heavy atom. The average molecular weight is 273 g/mol. The third kappa shape index (κ3) is 2.27. The number of anilines is 1. The molecule has 1 aliphatic rings. The average Bonchev–Trinajstić information content (AvgIpc) is 3.07. The molecule has 1 atom stereocenters. The van der Waals surface area contributed by atoms with Crippen LogP contribution in [0.2, 0.25) is 0 Å². The molecule has 0 spiro atoms. The lowest BCUT2D eigenvalue weighted by Crippen LogP contribution is -2.31. The van der Waals surface area contributed by atoms with Crippen LogP contribution < -0.4 is 4.90 Å². The molecular formula is C14H19N5O. The quantitative estimate of drug-likeness (QED) is 0.914. The summed E-state index contributed by atoms with van der Waals surface area (Å²) in [5, 5.41) is 19.0. The second kappa shape index (κ2) is 4.86. The van der Waals surface area contributed by atoms with Gasteiger partial charge in [0, 0.05) is 25.2 Å². The lowest BCUT2D eigenvalue weighted by atomic mass is 10.00.